The maximum absolute atomic E-state index is 11.9. The average Bonchev–Trinajstić information content (AvgIpc) is 2.85. The molecular weight excluding hydrogens is 311 g/mol. The van der Waals surface area contributed by atoms with Crippen molar-refractivity contribution < 1.29 is 12.8 Å². The highest BCUT2D eigenvalue weighted by atomic mass is 35.5. The van der Waals surface area contributed by atoms with Crippen molar-refractivity contribution in [3.05, 3.63) is 46.6 Å². The first-order valence-corrected chi connectivity index (χ1v) is 7.56. The topological polar surface area (TPSA) is 72.2 Å². The number of furan rings is 1. The monoisotopic (exact) mass is 320 g/mol. The molecule has 0 radical (unpaired) electrons. The molecule has 2 rings (SSSR count). The van der Waals surface area contributed by atoms with Gasteiger partial charge in [-0.1, -0.05) is 23.2 Å². The number of nitrogens with zero attached hydrogens (tertiary/aromatic N) is 1. The highest BCUT2D eigenvalue weighted by Crippen LogP contribution is 2.21. The van der Waals surface area contributed by atoms with E-state index in [1.165, 1.54) is 12.3 Å². The van der Waals surface area contributed by atoms with E-state index in [0.717, 1.165) is 6.20 Å². The lowest BCUT2D eigenvalue weighted by Gasteiger charge is -2.06. The Bertz CT molecular complexity index is 657. The van der Waals surface area contributed by atoms with Gasteiger partial charge >= 0.3 is 0 Å². The number of nitrogens with one attached hydrogen (secondary N) is 1. The fraction of sp³-hybridized carbons (Fsp3) is 0.182. The molecule has 0 atom stereocenters. The summed E-state index contributed by atoms with van der Waals surface area (Å²) in [7, 11) is -3.65. The van der Waals surface area contributed by atoms with Gasteiger partial charge in [0.2, 0.25) is 10.0 Å². The summed E-state index contributed by atoms with van der Waals surface area (Å²) in [5.41, 5.74) is 0. The van der Waals surface area contributed by atoms with Gasteiger partial charge in [-0.05, 0) is 18.2 Å². The van der Waals surface area contributed by atoms with Crippen LogP contribution in [0.25, 0.3) is 0 Å². The van der Waals surface area contributed by atoms with Crippen molar-refractivity contribution >= 4 is 33.2 Å². The quantitative estimate of drug-likeness (QED) is 0.859. The second-order valence-corrected chi connectivity index (χ2v) is 6.20. The van der Waals surface area contributed by atoms with E-state index in [9.17, 15) is 8.42 Å². The van der Waals surface area contributed by atoms with Crippen molar-refractivity contribution in [1.29, 1.82) is 0 Å². The van der Waals surface area contributed by atoms with Crippen LogP contribution in [0.15, 0.2) is 40.0 Å². The molecule has 0 unspecified atom stereocenters. The van der Waals surface area contributed by atoms with Crippen LogP contribution >= 0.6 is 23.2 Å². The van der Waals surface area contributed by atoms with Crippen molar-refractivity contribution in [3.63, 3.8) is 0 Å². The molecule has 102 valence electrons. The minimum Gasteiger partial charge on any atom is -0.469 e. The summed E-state index contributed by atoms with van der Waals surface area (Å²) in [6.45, 7) is 0.218. The van der Waals surface area contributed by atoms with Gasteiger partial charge in [0.15, 0.2) is 0 Å². The number of hydrogen-bond acceptors (Lipinski definition) is 4. The molecule has 0 aliphatic heterocycles. The van der Waals surface area contributed by atoms with E-state index in [0.29, 0.717) is 12.2 Å². The molecule has 19 heavy (non-hydrogen) atoms. The van der Waals surface area contributed by atoms with Gasteiger partial charge in [-0.2, -0.15) is 0 Å². The Labute approximate surface area is 120 Å². The summed E-state index contributed by atoms with van der Waals surface area (Å²) in [6, 6.07) is 4.77. The Kier molecular flexibility index (Phi) is 4.46. The van der Waals surface area contributed by atoms with Gasteiger partial charge in [0.25, 0.3) is 0 Å². The van der Waals surface area contributed by atoms with E-state index >= 15 is 0 Å². The summed E-state index contributed by atoms with van der Waals surface area (Å²) < 4.78 is 31.4. The lowest BCUT2D eigenvalue weighted by Crippen LogP contribution is -2.26. The maximum Gasteiger partial charge on any atom is 0.242 e. The van der Waals surface area contributed by atoms with Gasteiger partial charge in [-0.3, -0.25) is 0 Å². The largest absolute Gasteiger partial charge is 0.469 e. The number of pyridine rings is 1. The molecule has 8 heteroatoms. The third-order valence-corrected chi connectivity index (χ3v) is 4.44. The SMILES string of the molecule is O=S(=O)(NCCc1ccco1)c1cnc(Cl)c(Cl)c1. The lowest BCUT2D eigenvalue weighted by molar-refractivity contribution is 0.506. The Balaban J connectivity index is 2.03. The second kappa shape index (κ2) is 5.92. The minimum atomic E-state index is -3.65. The zero-order valence-corrected chi connectivity index (χ0v) is 12.0. The van der Waals surface area contributed by atoms with E-state index in [-0.39, 0.29) is 21.6 Å². The molecule has 1 N–H and O–H groups in total. The molecule has 0 saturated carbocycles. The van der Waals surface area contributed by atoms with Crippen molar-refractivity contribution in [2.45, 2.75) is 11.3 Å². The zero-order valence-electron chi connectivity index (χ0n) is 9.64. The summed E-state index contributed by atoms with van der Waals surface area (Å²) in [5.74, 6) is 0.704. The number of sulfonamides is 1. The summed E-state index contributed by atoms with van der Waals surface area (Å²) in [5, 5.41) is 0.159. The first-order valence-electron chi connectivity index (χ1n) is 5.32. The van der Waals surface area contributed by atoms with E-state index < -0.39 is 10.0 Å². The van der Waals surface area contributed by atoms with E-state index in [2.05, 4.69) is 9.71 Å². The van der Waals surface area contributed by atoms with Crippen LogP contribution in [0.4, 0.5) is 0 Å². The van der Waals surface area contributed by atoms with Crippen LogP contribution in [0.5, 0.6) is 0 Å². The van der Waals surface area contributed by atoms with Crippen LogP contribution in [0.1, 0.15) is 5.76 Å². The van der Waals surface area contributed by atoms with Gasteiger partial charge in [-0.15, -0.1) is 0 Å². The highest BCUT2D eigenvalue weighted by molar-refractivity contribution is 7.89. The van der Waals surface area contributed by atoms with E-state index in [1.54, 1.807) is 12.1 Å². The third kappa shape index (κ3) is 3.70. The molecule has 0 aliphatic rings. The van der Waals surface area contributed by atoms with Crippen LogP contribution in [0, 0.1) is 0 Å². The van der Waals surface area contributed by atoms with Crippen LogP contribution in [0.3, 0.4) is 0 Å². The fourth-order valence-corrected chi connectivity index (χ4v) is 2.73. The van der Waals surface area contributed by atoms with Crippen LogP contribution in [0.2, 0.25) is 10.2 Å². The second-order valence-electron chi connectivity index (χ2n) is 3.67. The summed E-state index contributed by atoms with van der Waals surface area (Å²) in [6.07, 6.45) is 3.15. The van der Waals surface area contributed by atoms with Gasteiger partial charge in [0, 0.05) is 19.2 Å². The molecule has 0 bridgehead atoms. The lowest BCUT2D eigenvalue weighted by atomic mass is 10.3. The Morgan fingerprint density at radius 3 is 2.79 bits per heavy atom. The minimum absolute atomic E-state index is 0.0265. The van der Waals surface area contributed by atoms with Crippen molar-refractivity contribution in [1.82, 2.24) is 9.71 Å². The molecule has 2 aromatic rings. The number of aromatic nitrogens is 1. The maximum atomic E-state index is 11.9. The molecular formula is C11H10Cl2N2O3S. The first-order chi connectivity index (χ1) is 8.99. The van der Waals surface area contributed by atoms with Crippen LogP contribution < -0.4 is 4.72 Å². The van der Waals surface area contributed by atoms with Gasteiger partial charge in [0.1, 0.15) is 15.8 Å². The average molecular weight is 321 g/mol. The van der Waals surface area contributed by atoms with Gasteiger partial charge < -0.3 is 4.42 Å². The Morgan fingerprint density at radius 1 is 1.37 bits per heavy atom. The van der Waals surface area contributed by atoms with Crippen molar-refractivity contribution in [2.75, 3.05) is 6.54 Å². The molecule has 0 saturated heterocycles. The molecule has 2 aromatic heterocycles. The van der Waals surface area contributed by atoms with Gasteiger partial charge in [0.05, 0.1) is 11.3 Å². The zero-order chi connectivity index (χ0) is 13.9. The van der Waals surface area contributed by atoms with Crippen molar-refractivity contribution in [2.24, 2.45) is 0 Å². The predicted molar refractivity (Wildman–Crippen MR) is 71.9 cm³/mol. The molecule has 0 fully saturated rings. The Hall–Kier alpha value is -1.08. The third-order valence-electron chi connectivity index (χ3n) is 2.33. The number of halogens is 2. The Morgan fingerprint density at radius 2 is 2.16 bits per heavy atom. The standard InChI is InChI=1S/C11H10Cl2N2O3S/c12-10-6-9(7-14-11(10)13)19(16,17)15-4-3-8-2-1-5-18-8/h1-2,5-7,15H,3-4H2. The van der Waals surface area contributed by atoms with Crippen LogP contribution in [-0.2, 0) is 16.4 Å². The molecule has 0 aliphatic carbocycles. The van der Waals surface area contributed by atoms with E-state index in [4.69, 9.17) is 27.6 Å². The van der Waals surface area contributed by atoms with E-state index in [1.807, 2.05) is 0 Å². The van der Waals surface area contributed by atoms with Gasteiger partial charge in [-0.25, -0.2) is 18.1 Å². The molecule has 5 nitrogen and oxygen atoms in total. The summed E-state index contributed by atoms with van der Waals surface area (Å²) >= 11 is 11.4. The molecule has 2 heterocycles. The number of rotatable bonds is 5. The molecule has 0 amide bonds. The fourth-order valence-electron chi connectivity index (χ4n) is 1.40. The first kappa shape index (κ1) is 14.3. The molecule has 0 spiro atoms. The highest BCUT2D eigenvalue weighted by Gasteiger charge is 2.15. The smallest absolute Gasteiger partial charge is 0.242 e. The number of hydrogen-bond donors (Lipinski definition) is 1. The van der Waals surface area contributed by atoms with Crippen LogP contribution in [-0.4, -0.2) is 19.9 Å². The van der Waals surface area contributed by atoms with Crippen molar-refractivity contribution in [3.8, 4) is 0 Å². The summed E-state index contributed by atoms with van der Waals surface area (Å²) in [4.78, 5) is 3.67. The normalized spacial score (nSPS) is 11.7. The predicted octanol–water partition coefficient (Wildman–Crippen LogP) is 2.50. The molecule has 0 aromatic carbocycles.